The minimum absolute atomic E-state index is 0.156. The molecule has 3 rings (SSSR count). The van der Waals surface area contributed by atoms with Crippen LogP contribution in [0, 0.1) is 11.8 Å². The maximum absolute atomic E-state index is 12.3. The number of nitrogens with one attached hydrogen (secondary N) is 1. The second kappa shape index (κ2) is 5.51. The first-order valence-electron chi connectivity index (χ1n) is 7.83. The molecule has 3 fully saturated rings. The van der Waals surface area contributed by atoms with Crippen LogP contribution >= 0.6 is 0 Å². The largest absolute Gasteiger partial charge is 0.353 e. The molecule has 0 atom stereocenters. The maximum Gasteiger partial charge on any atom is 0.225 e. The minimum atomic E-state index is 0.156. The van der Waals surface area contributed by atoms with Gasteiger partial charge in [0.2, 0.25) is 11.8 Å². The van der Waals surface area contributed by atoms with Crippen molar-refractivity contribution >= 4 is 11.8 Å². The molecule has 19 heavy (non-hydrogen) atoms. The lowest BCUT2D eigenvalue weighted by Gasteiger charge is -2.29. The first kappa shape index (κ1) is 12.9. The highest BCUT2D eigenvalue weighted by atomic mass is 16.2. The Balaban J connectivity index is 1.45. The van der Waals surface area contributed by atoms with Gasteiger partial charge in [-0.15, -0.1) is 0 Å². The fourth-order valence-corrected chi connectivity index (χ4v) is 3.34. The van der Waals surface area contributed by atoms with Crippen molar-refractivity contribution in [3.05, 3.63) is 0 Å². The molecule has 1 saturated heterocycles. The summed E-state index contributed by atoms with van der Waals surface area (Å²) in [6.07, 6.45) is 8.20. The van der Waals surface area contributed by atoms with Crippen molar-refractivity contribution in [2.75, 3.05) is 13.1 Å². The summed E-state index contributed by atoms with van der Waals surface area (Å²) in [7, 11) is 0. The maximum atomic E-state index is 12.3. The zero-order valence-corrected chi connectivity index (χ0v) is 11.6. The van der Waals surface area contributed by atoms with E-state index in [-0.39, 0.29) is 17.7 Å². The Labute approximate surface area is 114 Å². The van der Waals surface area contributed by atoms with E-state index >= 15 is 0 Å². The van der Waals surface area contributed by atoms with Crippen molar-refractivity contribution in [2.24, 2.45) is 11.8 Å². The van der Waals surface area contributed by atoms with Gasteiger partial charge in [0.25, 0.3) is 0 Å². The van der Waals surface area contributed by atoms with Gasteiger partial charge < -0.3 is 10.2 Å². The van der Waals surface area contributed by atoms with Crippen molar-refractivity contribution in [3.8, 4) is 0 Å². The summed E-state index contributed by atoms with van der Waals surface area (Å²) in [4.78, 5) is 26.3. The molecule has 2 saturated carbocycles. The van der Waals surface area contributed by atoms with Gasteiger partial charge in [-0.05, 0) is 51.4 Å². The van der Waals surface area contributed by atoms with Crippen LogP contribution in [0.4, 0.5) is 0 Å². The number of carbonyl (C=O) groups excluding carboxylic acids is 2. The Morgan fingerprint density at radius 2 is 1.42 bits per heavy atom. The van der Waals surface area contributed by atoms with Crippen LogP contribution in [0.2, 0.25) is 0 Å². The number of amides is 2. The molecule has 2 amide bonds. The van der Waals surface area contributed by atoms with Crippen LogP contribution in [-0.4, -0.2) is 35.8 Å². The van der Waals surface area contributed by atoms with Gasteiger partial charge in [-0.3, -0.25) is 9.59 Å². The van der Waals surface area contributed by atoms with Crippen molar-refractivity contribution in [3.63, 3.8) is 0 Å². The number of hydrogen-bond donors (Lipinski definition) is 1. The zero-order chi connectivity index (χ0) is 13.2. The fraction of sp³-hybridized carbons (Fsp3) is 0.867. The van der Waals surface area contributed by atoms with Gasteiger partial charge in [-0.2, -0.15) is 0 Å². The number of rotatable bonds is 3. The van der Waals surface area contributed by atoms with Crippen molar-refractivity contribution in [1.82, 2.24) is 10.2 Å². The minimum Gasteiger partial charge on any atom is -0.353 e. The average molecular weight is 264 g/mol. The molecule has 1 N–H and O–H groups in total. The normalized spacial score (nSPS) is 31.3. The van der Waals surface area contributed by atoms with Gasteiger partial charge in [0.1, 0.15) is 0 Å². The van der Waals surface area contributed by atoms with Gasteiger partial charge in [0.15, 0.2) is 0 Å². The van der Waals surface area contributed by atoms with Gasteiger partial charge in [0, 0.05) is 31.0 Å². The first-order valence-corrected chi connectivity index (χ1v) is 7.83. The molecule has 0 aromatic heterocycles. The van der Waals surface area contributed by atoms with Gasteiger partial charge in [0.05, 0.1) is 0 Å². The lowest BCUT2D eigenvalue weighted by atomic mass is 9.81. The van der Waals surface area contributed by atoms with E-state index in [1.165, 1.54) is 0 Å². The third kappa shape index (κ3) is 3.10. The second-order valence-corrected chi connectivity index (χ2v) is 6.36. The molecule has 0 bridgehead atoms. The van der Waals surface area contributed by atoms with Crippen LogP contribution in [0.5, 0.6) is 0 Å². The summed E-state index contributed by atoms with van der Waals surface area (Å²) >= 11 is 0. The molecule has 2 aliphatic carbocycles. The molecular formula is C15H24N2O2. The molecule has 1 aliphatic heterocycles. The summed E-state index contributed by atoms with van der Waals surface area (Å²) in [5.41, 5.74) is 0. The average Bonchev–Trinajstić information content (AvgIpc) is 3.08. The number of carbonyl (C=O) groups is 2. The zero-order valence-electron chi connectivity index (χ0n) is 11.6. The lowest BCUT2D eigenvalue weighted by molar-refractivity contribution is -0.137. The quantitative estimate of drug-likeness (QED) is 0.843. The van der Waals surface area contributed by atoms with Gasteiger partial charge in [-0.1, -0.05) is 0 Å². The summed E-state index contributed by atoms with van der Waals surface area (Å²) in [5, 5.41) is 3.09. The Morgan fingerprint density at radius 1 is 0.842 bits per heavy atom. The Morgan fingerprint density at radius 3 is 2.00 bits per heavy atom. The van der Waals surface area contributed by atoms with E-state index in [0.29, 0.717) is 11.9 Å². The lowest BCUT2D eigenvalue weighted by Crippen LogP contribution is -2.39. The molecule has 3 aliphatic rings. The van der Waals surface area contributed by atoms with Crippen LogP contribution in [0.3, 0.4) is 0 Å². The van der Waals surface area contributed by atoms with Crippen LogP contribution < -0.4 is 5.32 Å². The summed E-state index contributed by atoms with van der Waals surface area (Å²) in [6, 6.07) is 0.455. The molecule has 0 radical (unpaired) electrons. The molecule has 1 heterocycles. The van der Waals surface area contributed by atoms with Crippen LogP contribution in [0.15, 0.2) is 0 Å². The molecule has 4 heteroatoms. The predicted octanol–water partition coefficient (Wildman–Crippen LogP) is 1.69. The Hall–Kier alpha value is -1.06. The molecule has 106 valence electrons. The molecule has 4 nitrogen and oxygen atoms in total. The van der Waals surface area contributed by atoms with Crippen molar-refractivity contribution < 1.29 is 9.59 Å². The fourth-order valence-electron chi connectivity index (χ4n) is 3.34. The van der Waals surface area contributed by atoms with E-state index in [0.717, 1.165) is 64.5 Å². The van der Waals surface area contributed by atoms with E-state index in [1.807, 2.05) is 4.90 Å². The monoisotopic (exact) mass is 264 g/mol. The standard InChI is InChI=1S/C15H24N2O2/c18-14(16-13-7-8-13)11-3-5-12(6-4-11)15(19)17-9-1-2-10-17/h11-13H,1-10H2,(H,16,18). The highest BCUT2D eigenvalue weighted by molar-refractivity contribution is 5.81. The Kier molecular flexibility index (Phi) is 3.76. The third-order valence-corrected chi connectivity index (χ3v) is 4.79. The van der Waals surface area contributed by atoms with E-state index in [9.17, 15) is 9.59 Å². The van der Waals surface area contributed by atoms with Gasteiger partial charge in [-0.25, -0.2) is 0 Å². The summed E-state index contributed by atoms with van der Waals surface area (Å²) < 4.78 is 0. The molecular weight excluding hydrogens is 240 g/mol. The number of nitrogens with zero attached hydrogens (tertiary/aromatic N) is 1. The van der Waals surface area contributed by atoms with Crippen molar-refractivity contribution in [1.29, 1.82) is 0 Å². The molecule has 0 aromatic rings. The van der Waals surface area contributed by atoms with Crippen molar-refractivity contribution in [2.45, 2.75) is 57.4 Å². The van der Waals surface area contributed by atoms with E-state index in [4.69, 9.17) is 0 Å². The SMILES string of the molecule is O=C(NC1CC1)C1CCC(C(=O)N2CCCC2)CC1. The van der Waals surface area contributed by atoms with Crippen LogP contribution in [0.25, 0.3) is 0 Å². The van der Waals surface area contributed by atoms with Crippen LogP contribution in [0.1, 0.15) is 51.4 Å². The molecule has 0 unspecified atom stereocenters. The molecule has 0 aromatic carbocycles. The number of likely N-dealkylation sites (tertiary alicyclic amines) is 1. The third-order valence-electron chi connectivity index (χ3n) is 4.79. The van der Waals surface area contributed by atoms with E-state index in [1.54, 1.807) is 0 Å². The topological polar surface area (TPSA) is 49.4 Å². The van der Waals surface area contributed by atoms with Gasteiger partial charge >= 0.3 is 0 Å². The number of hydrogen-bond acceptors (Lipinski definition) is 2. The summed E-state index contributed by atoms with van der Waals surface area (Å²) in [5.74, 6) is 0.916. The van der Waals surface area contributed by atoms with E-state index < -0.39 is 0 Å². The highest BCUT2D eigenvalue weighted by Gasteiger charge is 2.34. The van der Waals surface area contributed by atoms with Crippen LogP contribution in [-0.2, 0) is 9.59 Å². The second-order valence-electron chi connectivity index (χ2n) is 6.36. The van der Waals surface area contributed by atoms with E-state index in [2.05, 4.69) is 5.32 Å². The molecule has 0 spiro atoms. The first-order chi connectivity index (χ1) is 9.24. The smallest absolute Gasteiger partial charge is 0.225 e. The summed E-state index contributed by atoms with van der Waals surface area (Å²) in [6.45, 7) is 1.89. The highest BCUT2D eigenvalue weighted by Crippen LogP contribution is 2.31. The predicted molar refractivity (Wildman–Crippen MR) is 72.4 cm³/mol. The Bertz CT molecular complexity index is 351.